The molecular weight excluding hydrogens is 277 g/mol. The van der Waals surface area contributed by atoms with E-state index in [4.69, 9.17) is 11.6 Å². The zero-order chi connectivity index (χ0) is 14.3. The van der Waals surface area contributed by atoms with Crippen molar-refractivity contribution in [3.63, 3.8) is 0 Å². The standard InChI is InChI=1S/C13H16ClF3N2/c1-12(2)8-19(6-5-18-12)11-4-3-9(14)7-10(11)13(15,16)17/h3-4,7,18H,5-6,8H2,1-2H3. The van der Waals surface area contributed by atoms with Crippen LogP contribution in [0.2, 0.25) is 5.02 Å². The quantitative estimate of drug-likeness (QED) is 0.851. The third kappa shape index (κ3) is 3.34. The lowest BCUT2D eigenvalue weighted by molar-refractivity contribution is -0.137. The molecule has 0 bridgehead atoms. The van der Waals surface area contributed by atoms with Gasteiger partial charge in [0, 0.05) is 35.9 Å². The van der Waals surface area contributed by atoms with Crippen molar-refractivity contribution in [2.24, 2.45) is 0 Å². The van der Waals surface area contributed by atoms with Gasteiger partial charge in [-0.1, -0.05) is 11.6 Å². The highest BCUT2D eigenvalue weighted by Gasteiger charge is 2.37. The first-order valence-corrected chi connectivity index (χ1v) is 6.44. The average Bonchev–Trinajstić information content (AvgIpc) is 2.26. The summed E-state index contributed by atoms with van der Waals surface area (Å²) in [7, 11) is 0. The monoisotopic (exact) mass is 292 g/mol. The van der Waals surface area contributed by atoms with Crippen LogP contribution in [-0.2, 0) is 6.18 Å². The molecule has 1 aliphatic rings. The highest BCUT2D eigenvalue weighted by Crippen LogP contribution is 2.38. The summed E-state index contributed by atoms with van der Waals surface area (Å²) in [5.74, 6) is 0. The van der Waals surface area contributed by atoms with Crippen LogP contribution in [0.3, 0.4) is 0 Å². The van der Waals surface area contributed by atoms with Gasteiger partial charge in [0.15, 0.2) is 0 Å². The third-order valence-corrected chi connectivity index (χ3v) is 3.41. The van der Waals surface area contributed by atoms with Gasteiger partial charge in [-0.3, -0.25) is 0 Å². The molecule has 0 spiro atoms. The van der Waals surface area contributed by atoms with E-state index in [1.165, 1.54) is 12.1 Å². The predicted molar refractivity (Wildman–Crippen MR) is 70.7 cm³/mol. The Morgan fingerprint density at radius 1 is 1.32 bits per heavy atom. The van der Waals surface area contributed by atoms with Gasteiger partial charge in [0.25, 0.3) is 0 Å². The van der Waals surface area contributed by atoms with E-state index >= 15 is 0 Å². The van der Waals surface area contributed by atoms with Gasteiger partial charge in [0.2, 0.25) is 0 Å². The number of hydrogen-bond acceptors (Lipinski definition) is 2. The van der Waals surface area contributed by atoms with Gasteiger partial charge < -0.3 is 10.2 Å². The Hall–Kier alpha value is -0.940. The Morgan fingerprint density at radius 2 is 2.00 bits per heavy atom. The fourth-order valence-corrected chi connectivity index (χ4v) is 2.53. The van der Waals surface area contributed by atoms with Crippen molar-refractivity contribution < 1.29 is 13.2 Å². The number of halogens is 4. The van der Waals surface area contributed by atoms with Crippen LogP contribution in [0.4, 0.5) is 18.9 Å². The van der Waals surface area contributed by atoms with Crippen LogP contribution in [0.15, 0.2) is 18.2 Å². The lowest BCUT2D eigenvalue weighted by Gasteiger charge is -2.41. The Bertz CT molecular complexity index is 471. The molecule has 0 atom stereocenters. The molecular formula is C13H16ClF3N2. The van der Waals surface area contributed by atoms with E-state index in [-0.39, 0.29) is 16.2 Å². The lowest BCUT2D eigenvalue weighted by Crippen LogP contribution is -2.57. The molecule has 1 aromatic carbocycles. The van der Waals surface area contributed by atoms with Crippen molar-refractivity contribution in [2.45, 2.75) is 25.6 Å². The molecule has 6 heteroatoms. The van der Waals surface area contributed by atoms with Crippen LogP contribution in [0.5, 0.6) is 0 Å². The molecule has 19 heavy (non-hydrogen) atoms. The molecule has 1 N–H and O–H groups in total. The number of alkyl halides is 3. The molecule has 1 saturated heterocycles. The first-order chi connectivity index (χ1) is 8.69. The normalized spacial score (nSPS) is 19.6. The highest BCUT2D eigenvalue weighted by atomic mass is 35.5. The minimum absolute atomic E-state index is 0.102. The minimum atomic E-state index is -4.39. The molecule has 2 rings (SSSR count). The molecule has 0 saturated carbocycles. The maximum atomic E-state index is 13.1. The molecule has 0 radical (unpaired) electrons. The van der Waals surface area contributed by atoms with Gasteiger partial charge in [-0.15, -0.1) is 0 Å². The number of benzene rings is 1. The van der Waals surface area contributed by atoms with Gasteiger partial charge in [0.1, 0.15) is 0 Å². The first-order valence-electron chi connectivity index (χ1n) is 6.06. The molecule has 0 aliphatic carbocycles. The maximum absolute atomic E-state index is 13.1. The Kier molecular flexibility index (Phi) is 3.71. The molecule has 2 nitrogen and oxygen atoms in total. The summed E-state index contributed by atoms with van der Waals surface area (Å²) >= 11 is 5.69. The molecule has 1 fully saturated rings. The molecule has 1 heterocycles. The smallest absolute Gasteiger partial charge is 0.368 e. The van der Waals surface area contributed by atoms with E-state index in [2.05, 4.69) is 5.32 Å². The van der Waals surface area contributed by atoms with Gasteiger partial charge in [0.05, 0.1) is 5.56 Å². The van der Waals surface area contributed by atoms with E-state index in [0.717, 1.165) is 6.07 Å². The average molecular weight is 293 g/mol. The fourth-order valence-electron chi connectivity index (χ4n) is 2.36. The zero-order valence-electron chi connectivity index (χ0n) is 10.8. The van der Waals surface area contributed by atoms with E-state index in [1.54, 1.807) is 4.90 Å². The Balaban J connectivity index is 2.39. The van der Waals surface area contributed by atoms with Gasteiger partial charge in [-0.2, -0.15) is 13.2 Å². The van der Waals surface area contributed by atoms with E-state index in [1.807, 2.05) is 13.8 Å². The summed E-state index contributed by atoms with van der Waals surface area (Å²) in [5, 5.41) is 3.38. The van der Waals surface area contributed by atoms with Gasteiger partial charge >= 0.3 is 6.18 Å². The largest absolute Gasteiger partial charge is 0.418 e. The first kappa shape index (κ1) is 14.5. The summed E-state index contributed by atoms with van der Waals surface area (Å²) in [6.07, 6.45) is -4.39. The van der Waals surface area contributed by atoms with Crippen LogP contribution in [-0.4, -0.2) is 25.2 Å². The zero-order valence-corrected chi connectivity index (χ0v) is 11.6. The number of piperazine rings is 1. The second-order valence-corrected chi connectivity index (χ2v) is 5.83. The van der Waals surface area contributed by atoms with E-state index < -0.39 is 11.7 Å². The number of rotatable bonds is 1. The van der Waals surface area contributed by atoms with Crippen molar-refractivity contribution in [1.82, 2.24) is 5.32 Å². The fraction of sp³-hybridized carbons (Fsp3) is 0.538. The van der Waals surface area contributed by atoms with Crippen LogP contribution in [0.25, 0.3) is 0 Å². The van der Waals surface area contributed by atoms with Crippen LogP contribution in [0, 0.1) is 0 Å². The van der Waals surface area contributed by atoms with Crippen molar-refractivity contribution in [3.8, 4) is 0 Å². The lowest BCUT2D eigenvalue weighted by atomic mass is 10.0. The number of nitrogens with one attached hydrogen (secondary N) is 1. The molecule has 1 aliphatic heterocycles. The minimum Gasteiger partial charge on any atom is -0.368 e. The molecule has 0 aromatic heterocycles. The van der Waals surface area contributed by atoms with Gasteiger partial charge in [-0.05, 0) is 32.0 Å². The summed E-state index contributed by atoms with van der Waals surface area (Å²) in [6, 6.07) is 3.94. The summed E-state index contributed by atoms with van der Waals surface area (Å²) in [6.45, 7) is 5.68. The van der Waals surface area contributed by atoms with Crippen molar-refractivity contribution >= 4 is 17.3 Å². The topological polar surface area (TPSA) is 15.3 Å². The maximum Gasteiger partial charge on any atom is 0.418 e. The molecule has 1 aromatic rings. The van der Waals surface area contributed by atoms with Crippen LogP contribution >= 0.6 is 11.6 Å². The second-order valence-electron chi connectivity index (χ2n) is 5.39. The molecule has 0 amide bonds. The van der Waals surface area contributed by atoms with E-state index in [9.17, 15) is 13.2 Å². The van der Waals surface area contributed by atoms with E-state index in [0.29, 0.717) is 19.6 Å². The van der Waals surface area contributed by atoms with Gasteiger partial charge in [-0.25, -0.2) is 0 Å². The summed E-state index contributed by atoms with van der Waals surface area (Å²) in [4.78, 5) is 1.76. The number of anilines is 1. The molecule has 106 valence electrons. The predicted octanol–water partition coefficient (Wildman–Crippen LogP) is 3.55. The summed E-state index contributed by atoms with van der Waals surface area (Å²) in [5.41, 5.74) is -0.676. The van der Waals surface area contributed by atoms with Crippen LogP contribution < -0.4 is 10.2 Å². The second kappa shape index (κ2) is 4.87. The molecule has 0 unspecified atom stereocenters. The highest BCUT2D eigenvalue weighted by molar-refractivity contribution is 6.30. The Labute approximate surface area is 115 Å². The third-order valence-electron chi connectivity index (χ3n) is 3.18. The Morgan fingerprint density at radius 3 is 2.58 bits per heavy atom. The van der Waals surface area contributed by atoms with Crippen LogP contribution in [0.1, 0.15) is 19.4 Å². The SMILES string of the molecule is CC1(C)CN(c2ccc(Cl)cc2C(F)(F)F)CCN1. The number of nitrogens with zero attached hydrogens (tertiary/aromatic N) is 1. The summed E-state index contributed by atoms with van der Waals surface area (Å²) < 4.78 is 39.2. The van der Waals surface area contributed by atoms with Crippen molar-refractivity contribution in [3.05, 3.63) is 28.8 Å². The van der Waals surface area contributed by atoms with Crippen molar-refractivity contribution in [2.75, 3.05) is 24.5 Å². The number of hydrogen-bond donors (Lipinski definition) is 1. The van der Waals surface area contributed by atoms with Crippen molar-refractivity contribution in [1.29, 1.82) is 0 Å².